The van der Waals surface area contributed by atoms with Crippen LogP contribution in [0.25, 0.3) is 0 Å². The zero-order chi connectivity index (χ0) is 20.9. The molecule has 3 aromatic rings. The second kappa shape index (κ2) is 9.25. The second-order valence-electron chi connectivity index (χ2n) is 7.55. The predicted molar refractivity (Wildman–Crippen MR) is 118 cm³/mol. The first-order valence-corrected chi connectivity index (χ1v) is 10.2. The molecule has 2 N–H and O–H groups in total. The van der Waals surface area contributed by atoms with Gasteiger partial charge in [-0.1, -0.05) is 104 Å². The van der Waals surface area contributed by atoms with Crippen LogP contribution in [0.4, 0.5) is 0 Å². The summed E-state index contributed by atoms with van der Waals surface area (Å²) in [6.45, 7) is 4.06. The minimum atomic E-state index is -1.20. The van der Waals surface area contributed by atoms with Crippen LogP contribution < -0.4 is 5.73 Å². The van der Waals surface area contributed by atoms with Crippen LogP contribution in [0.2, 0.25) is 5.02 Å². The van der Waals surface area contributed by atoms with E-state index in [1.165, 1.54) is 0 Å². The van der Waals surface area contributed by atoms with Gasteiger partial charge in [0.25, 0.3) is 0 Å². The number of esters is 1. The molecule has 0 bridgehead atoms. The first-order chi connectivity index (χ1) is 13.9. The Labute approximate surface area is 177 Å². The van der Waals surface area contributed by atoms with Crippen LogP contribution in [0.15, 0.2) is 84.9 Å². The number of carbonyl (C=O) groups excluding carboxylic acids is 1. The maximum absolute atomic E-state index is 13.1. The summed E-state index contributed by atoms with van der Waals surface area (Å²) in [6.07, 6.45) is 0.543. The van der Waals surface area contributed by atoms with Crippen molar-refractivity contribution in [1.82, 2.24) is 0 Å². The van der Waals surface area contributed by atoms with Crippen molar-refractivity contribution in [2.75, 3.05) is 0 Å². The number of hydrogen-bond donors (Lipinski definition) is 1. The largest absolute Gasteiger partial charge is 0.443 e. The number of benzene rings is 3. The molecule has 0 aliphatic heterocycles. The standard InChI is InChI=1S/C25H26ClNO2/c1-18(2)17-23(27)24(28)29-25(19-11-5-3-6-12-19,20-13-7-4-8-14-20)21-15-9-10-16-22(21)26/h3-16,18,23H,17,27H2,1-2H3/t23-/m0/s1. The molecule has 29 heavy (non-hydrogen) atoms. The van der Waals surface area contributed by atoms with Crippen molar-refractivity contribution >= 4 is 17.6 Å². The quantitative estimate of drug-likeness (QED) is 0.412. The molecule has 0 saturated heterocycles. The molecule has 4 heteroatoms. The third-order valence-electron chi connectivity index (χ3n) is 4.90. The number of halogens is 1. The van der Waals surface area contributed by atoms with Crippen molar-refractivity contribution in [2.24, 2.45) is 11.7 Å². The lowest BCUT2D eigenvalue weighted by molar-refractivity contribution is -0.155. The van der Waals surface area contributed by atoms with E-state index in [9.17, 15) is 4.79 Å². The van der Waals surface area contributed by atoms with Gasteiger partial charge in [0.05, 0.1) is 0 Å². The van der Waals surface area contributed by atoms with E-state index >= 15 is 0 Å². The van der Waals surface area contributed by atoms with Crippen LogP contribution in [0.1, 0.15) is 37.0 Å². The SMILES string of the molecule is CC(C)C[C@H](N)C(=O)OC(c1ccccc1)(c1ccccc1)c1ccccc1Cl. The fraction of sp³-hybridized carbons (Fsp3) is 0.240. The maximum atomic E-state index is 13.1. The lowest BCUT2D eigenvalue weighted by atomic mass is 9.80. The third kappa shape index (κ3) is 4.52. The van der Waals surface area contributed by atoms with Gasteiger partial charge in [-0.3, -0.25) is 4.79 Å². The number of carbonyl (C=O) groups is 1. The van der Waals surface area contributed by atoms with Crippen LogP contribution in [0, 0.1) is 5.92 Å². The summed E-state index contributed by atoms with van der Waals surface area (Å²) >= 11 is 6.63. The highest BCUT2D eigenvalue weighted by Crippen LogP contribution is 2.43. The predicted octanol–water partition coefficient (Wildman–Crippen LogP) is 5.55. The zero-order valence-corrected chi connectivity index (χ0v) is 17.5. The summed E-state index contributed by atoms with van der Waals surface area (Å²) in [4.78, 5) is 13.1. The van der Waals surface area contributed by atoms with Gasteiger partial charge in [0.15, 0.2) is 5.60 Å². The average molecular weight is 408 g/mol. The highest BCUT2D eigenvalue weighted by molar-refractivity contribution is 6.31. The topological polar surface area (TPSA) is 52.3 Å². The van der Waals surface area contributed by atoms with Crippen LogP contribution in [-0.4, -0.2) is 12.0 Å². The van der Waals surface area contributed by atoms with Gasteiger partial charge in [-0.25, -0.2) is 0 Å². The molecule has 0 amide bonds. The molecule has 3 aromatic carbocycles. The van der Waals surface area contributed by atoms with Crippen molar-refractivity contribution in [3.8, 4) is 0 Å². The van der Waals surface area contributed by atoms with E-state index in [2.05, 4.69) is 0 Å². The highest BCUT2D eigenvalue weighted by Gasteiger charge is 2.42. The summed E-state index contributed by atoms with van der Waals surface area (Å²) in [5, 5.41) is 0.519. The highest BCUT2D eigenvalue weighted by atomic mass is 35.5. The van der Waals surface area contributed by atoms with E-state index in [1.54, 1.807) is 6.07 Å². The molecule has 0 aliphatic carbocycles. The van der Waals surface area contributed by atoms with E-state index in [-0.39, 0.29) is 5.92 Å². The molecule has 0 unspecified atom stereocenters. The van der Waals surface area contributed by atoms with Crippen molar-refractivity contribution in [1.29, 1.82) is 0 Å². The minimum absolute atomic E-state index is 0.278. The van der Waals surface area contributed by atoms with Gasteiger partial charge in [0, 0.05) is 21.7 Å². The van der Waals surface area contributed by atoms with Crippen molar-refractivity contribution in [3.05, 3.63) is 107 Å². The monoisotopic (exact) mass is 407 g/mol. The fourth-order valence-corrected chi connectivity index (χ4v) is 3.84. The Balaban J connectivity index is 2.24. The normalized spacial score (nSPS) is 12.6. The number of hydrogen-bond acceptors (Lipinski definition) is 3. The van der Waals surface area contributed by atoms with E-state index < -0.39 is 17.6 Å². The zero-order valence-electron chi connectivity index (χ0n) is 16.7. The van der Waals surface area contributed by atoms with Crippen molar-refractivity contribution in [3.63, 3.8) is 0 Å². The summed E-state index contributed by atoms with van der Waals surface area (Å²) < 4.78 is 6.29. The van der Waals surface area contributed by atoms with Crippen molar-refractivity contribution in [2.45, 2.75) is 31.9 Å². The molecule has 0 heterocycles. The van der Waals surface area contributed by atoms with Gasteiger partial charge in [0.1, 0.15) is 6.04 Å². The molecule has 3 rings (SSSR count). The van der Waals surface area contributed by atoms with E-state index in [1.807, 2.05) is 92.7 Å². The lowest BCUT2D eigenvalue weighted by Crippen LogP contribution is -2.42. The van der Waals surface area contributed by atoms with Crippen LogP contribution in [0.3, 0.4) is 0 Å². The van der Waals surface area contributed by atoms with Crippen LogP contribution in [0.5, 0.6) is 0 Å². The molecular formula is C25H26ClNO2. The van der Waals surface area contributed by atoms with Crippen LogP contribution >= 0.6 is 11.6 Å². The molecule has 0 aliphatic rings. The fourth-order valence-electron chi connectivity index (χ4n) is 3.57. The first-order valence-electron chi connectivity index (χ1n) is 9.79. The molecule has 0 radical (unpaired) electrons. The molecule has 0 aromatic heterocycles. The molecule has 0 fully saturated rings. The number of ether oxygens (including phenoxy) is 1. The van der Waals surface area contributed by atoms with Crippen LogP contribution in [-0.2, 0) is 15.1 Å². The Hall–Kier alpha value is -2.62. The van der Waals surface area contributed by atoms with Gasteiger partial charge in [0.2, 0.25) is 0 Å². The molecule has 150 valence electrons. The molecule has 0 saturated carbocycles. The molecular weight excluding hydrogens is 382 g/mol. The van der Waals surface area contributed by atoms with Gasteiger partial charge in [-0.15, -0.1) is 0 Å². The minimum Gasteiger partial charge on any atom is -0.443 e. The van der Waals surface area contributed by atoms with Gasteiger partial charge < -0.3 is 10.5 Å². The lowest BCUT2D eigenvalue weighted by Gasteiger charge is -2.36. The van der Waals surface area contributed by atoms with E-state index in [4.69, 9.17) is 22.1 Å². The first kappa shape index (κ1) is 21.1. The molecule has 1 atom stereocenters. The number of nitrogens with two attached hydrogens (primary N) is 1. The molecule has 3 nitrogen and oxygen atoms in total. The average Bonchev–Trinajstić information content (AvgIpc) is 2.73. The smallest absolute Gasteiger partial charge is 0.324 e. The Bertz CT molecular complexity index is 902. The van der Waals surface area contributed by atoms with E-state index in [0.29, 0.717) is 17.0 Å². The van der Waals surface area contributed by atoms with Gasteiger partial charge in [-0.2, -0.15) is 0 Å². The van der Waals surface area contributed by atoms with Gasteiger partial charge in [-0.05, 0) is 18.4 Å². The Morgan fingerprint density at radius 3 is 1.86 bits per heavy atom. The Morgan fingerprint density at radius 2 is 1.38 bits per heavy atom. The number of rotatable bonds is 7. The van der Waals surface area contributed by atoms with Crippen molar-refractivity contribution < 1.29 is 9.53 Å². The maximum Gasteiger partial charge on any atom is 0.324 e. The Kier molecular flexibility index (Phi) is 6.73. The molecule has 0 spiro atoms. The second-order valence-corrected chi connectivity index (χ2v) is 7.96. The van der Waals surface area contributed by atoms with E-state index in [0.717, 1.165) is 11.1 Å². The Morgan fingerprint density at radius 1 is 0.897 bits per heavy atom. The summed E-state index contributed by atoms with van der Waals surface area (Å²) in [6, 6.07) is 26.0. The summed E-state index contributed by atoms with van der Waals surface area (Å²) in [5.41, 5.74) is 7.31. The summed E-state index contributed by atoms with van der Waals surface area (Å²) in [5.74, 6) is -0.174. The third-order valence-corrected chi connectivity index (χ3v) is 5.23. The van der Waals surface area contributed by atoms with Gasteiger partial charge >= 0.3 is 5.97 Å². The summed E-state index contributed by atoms with van der Waals surface area (Å²) in [7, 11) is 0.